The number of phenolic OH excluding ortho intramolecular Hbond substituents is 1. The number of aromatic nitrogens is 1. The van der Waals surface area contributed by atoms with Gasteiger partial charge in [0.1, 0.15) is 5.82 Å². The first-order chi connectivity index (χ1) is 9.49. The van der Waals surface area contributed by atoms with Gasteiger partial charge in [0, 0.05) is 24.2 Å². The Kier molecular flexibility index (Phi) is 2.90. The summed E-state index contributed by atoms with van der Waals surface area (Å²) in [4.78, 5) is 3.97. The summed E-state index contributed by atoms with van der Waals surface area (Å²) in [6.45, 7) is 0. The molecule has 0 bridgehead atoms. The number of halogens is 3. The van der Waals surface area contributed by atoms with Crippen molar-refractivity contribution < 1.29 is 18.3 Å². The van der Waals surface area contributed by atoms with Crippen molar-refractivity contribution in [2.45, 2.75) is 18.4 Å². The van der Waals surface area contributed by atoms with E-state index in [1.54, 1.807) is 6.07 Å². The minimum atomic E-state index is -1.36. The van der Waals surface area contributed by atoms with Crippen molar-refractivity contribution in [2.75, 3.05) is 0 Å². The van der Waals surface area contributed by atoms with Gasteiger partial charge in [-0.2, -0.15) is 0 Å². The van der Waals surface area contributed by atoms with Gasteiger partial charge in [-0.3, -0.25) is 4.98 Å². The Morgan fingerprint density at radius 3 is 2.45 bits per heavy atom. The molecule has 0 aliphatic heterocycles. The predicted molar refractivity (Wildman–Crippen MR) is 66.5 cm³/mol. The van der Waals surface area contributed by atoms with Gasteiger partial charge in [-0.1, -0.05) is 6.07 Å². The van der Waals surface area contributed by atoms with Crippen molar-refractivity contribution in [3.8, 4) is 17.0 Å². The van der Waals surface area contributed by atoms with Crippen molar-refractivity contribution in [3.63, 3.8) is 0 Å². The maximum absolute atomic E-state index is 13.8. The third-order valence-electron chi connectivity index (χ3n) is 3.46. The van der Waals surface area contributed by atoms with E-state index in [4.69, 9.17) is 5.73 Å². The first kappa shape index (κ1) is 12.9. The Labute approximate surface area is 112 Å². The highest BCUT2D eigenvalue weighted by molar-refractivity contribution is 5.63. The second kappa shape index (κ2) is 4.49. The normalized spacial score (nSPS) is 21.0. The summed E-state index contributed by atoms with van der Waals surface area (Å²) in [5, 5.41) is 9.20. The zero-order valence-corrected chi connectivity index (χ0v) is 10.3. The molecule has 20 heavy (non-hydrogen) atoms. The number of hydrogen-bond acceptors (Lipinski definition) is 3. The lowest BCUT2D eigenvalue weighted by Gasteiger charge is -2.07. The Hall–Kier alpha value is -2.08. The van der Waals surface area contributed by atoms with Gasteiger partial charge in [0.15, 0.2) is 17.4 Å². The standard InChI is InChI=1S/C14H11F3N2O/c15-8-4-9(16)14(20)13(17)12(8)11-2-1-6(5-19-11)7-3-10(7)18/h1-2,4-5,7,10,20H,3,18H2/t7-,10+/m0/s1. The van der Waals surface area contributed by atoms with Gasteiger partial charge in [-0.15, -0.1) is 0 Å². The molecule has 0 amide bonds. The lowest BCUT2D eigenvalue weighted by atomic mass is 10.1. The average molecular weight is 280 g/mol. The molecule has 1 aromatic heterocycles. The molecule has 1 heterocycles. The summed E-state index contributed by atoms with van der Waals surface area (Å²) in [6.07, 6.45) is 2.35. The smallest absolute Gasteiger partial charge is 0.188 e. The SMILES string of the molecule is N[C@@H]1C[C@H]1c1ccc(-c2c(F)cc(F)c(O)c2F)nc1. The van der Waals surface area contributed by atoms with Gasteiger partial charge in [0.25, 0.3) is 0 Å². The zero-order chi connectivity index (χ0) is 14.4. The van der Waals surface area contributed by atoms with Crippen LogP contribution in [0.5, 0.6) is 5.75 Å². The Morgan fingerprint density at radius 1 is 1.20 bits per heavy atom. The monoisotopic (exact) mass is 280 g/mol. The van der Waals surface area contributed by atoms with Crippen LogP contribution in [0.1, 0.15) is 17.9 Å². The molecular formula is C14H11F3N2O. The molecule has 3 rings (SSSR count). The maximum atomic E-state index is 13.8. The number of phenols is 1. The Bertz CT molecular complexity index is 673. The first-order valence-corrected chi connectivity index (χ1v) is 6.07. The van der Waals surface area contributed by atoms with Gasteiger partial charge in [-0.05, 0) is 18.1 Å². The lowest BCUT2D eigenvalue weighted by molar-refractivity contribution is 0.392. The van der Waals surface area contributed by atoms with Gasteiger partial charge >= 0.3 is 0 Å². The van der Waals surface area contributed by atoms with Crippen molar-refractivity contribution in [3.05, 3.63) is 47.4 Å². The minimum Gasteiger partial charge on any atom is -0.503 e. The molecule has 104 valence electrons. The molecule has 6 heteroatoms. The number of benzene rings is 1. The summed E-state index contributed by atoms with van der Waals surface area (Å²) >= 11 is 0. The molecular weight excluding hydrogens is 269 g/mol. The zero-order valence-electron chi connectivity index (χ0n) is 10.3. The molecule has 0 radical (unpaired) electrons. The van der Waals surface area contributed by atoms with E-state index >= 15 is 0 Å². The van der Waals surface area contributed by atoms with E-state index in [1.165, 1.54) is 12.3 Å². The molecule has 0 unspecified atom stereocenters. The largest absolute Gasteiger partial charge is 0.503 e. The third kappa shape index (κ3) is 2.02. The molecule has 1 aliphatic rings. The van der Waals surface area contributed by atoms with Crippen LogP contribution in [0.25, 0.3) is 11.3 Å². The van der Waals surface area contributed by atoms with Crippen molar-refractivity contribution in [1.82, 2.24) is 4.98 Å². The van der Waals surface area contributed by atoms with Crippen molar-refractivity contribution >= 4 is 0 Å². The topological polar surface area (TPSA) is 59.1 Å². The molecule has 1 saturated carbocycles. The molecule has 0 saturated heterocycles. The van der Waals surface area contributed by atoms with Crippen LogP contribution in [-0.4, -0.2) is 16.1 Å². The van der Waals surface area contributed by atoms with E-state index in [2.05, 4.69) is 4.98 Å². The van der Waals surface area contributed by atoms with Crippen molar-refractivity contribution in [1.29, 1.82) is 0 Å². The fourth-order valence-electron chi connectivity index (χ4n) is 2.19. The molecule has 1 fully saturated rings. The second-order valence-electron chi connectivity index (χ2n) is 4.86. The molecule has 3 N–H and O–H groups in total. The Balaban J connectivity index is 2.03. The van der Waals surface area contributed by atoms with Crippen LogP contribution in [0.3, 0.4) is 0 Å². The van der Waals surface area contributed by atoms with Crippen LogP contribution in [0.4, 0.5) is 13.2 Å². The number of nitrogens with zero attached hydrogens (tertiary/aromatic N) is 1. The van der Waals surface area contributed by atoms with Gasteiger partial charge in [0.05, 0.1) is 11.3 Å². The molecule has 0 spiro atoms. The quantitative estimate of drug-likeness (QED) is 0.889. The van der Waals surface area contributed by atoms with Gasteiger partial charge < -0.3 is 10.8 Å². The van der Waals surface area contributed by atoms with Crippen LogP contribution in [0, 0.1) is 17.5 Å². The minimum absolute atomic E-state index is 0.00623. The van der Waals surface area contributed by atoms with Crippen LogP contribution in [0.15, 0.2) is 24.4 Å². The van der Waals surface area contributed by atoms with E-state index in [-0.39, 0.29) is 17.7 Å². The third-order valence-corrected chi connectivity index (χ3v) is 3.46. The average Bonchev–Trinajstić information content (AvgIpc) is 3.14. The first-order valence-electron chi connectivity index (χ1n) is 6.07. The highest BCUT2D eigenvalue weighted by atomic mass is 19.1. The summed E-state index contributed by atoms with van der Waals surface area (Å²) in [6, 6.07) is 3.64. The summed E-state index contributed by atoms with van der Waals surface area (Å²) < 4.78 is 40.4. The van der Waals surface area contributed by atoms with E-state index in [1.807, 2.05) is 0 Å². The predicted octanol–water partition coefficient (Wildman–Crippen LogP) is 2.69. The Morgan fingerprint density at radius 2 is 1.90 bits per heavy atom. The molecule has 1 aromatic carbocycles. The van der Waals surface area contributed by atoms with Crippen LogP contribution in [0.2, 0.25) is 0 Å². The number of pyridine rings is 1. The molecule has 2 atom stereocenters. The second-order valence-corrected chi connectivity index (χ2v) is 4.86. The van der Waals surface area contributed by atoms with Crippen LogP contribution < -0.4 is 5.73 Å². The molecule has 2 aromatic rings. The fourth-order valence-corrected chi connectivity index (χ4v) is 2.19. The van der Waals surface area contributed by atoms with Crippen LogP contribution >= 0.6 is 0 Å². The van der Waals surface area contributed by atoms with E-state index < -0.39 is 28.8 Å². The van der Waals surface area contributed by atoms with E-state index in [9.17, 15) is 18.3 Å². The van der Waals surface area contributed by atoms with Gasteiger partial charge in [0.2, 0.25) is 0 Å². The fraction of sp³-hybridized carbons (Fsp3) is 0.214. The van der Waals surface area contributed by atoms with Crippen LogP contribution in [-0.2, 0) is 0 Å². The maximum Gasteiger partial charge on any atom is 0.188 e. The van der Waals surface area contributed by atoms with E-state index in [0.717, 1.165) is 12.0 Å². The van der Waals surface area contributed by atoms with Crippen molar-refractivity contribution in [2.24, 2.45) is 5.73 Å². The number of nitrogens with two attached hydrogens (primary N) is 1. The highest BCUT2D eigenvalue weighted by Crippen LogP contribution is 2.39. The molecule has 3 nitrogen and oxygen atoms in total. The highest BCUT2D eigenvalue weighted by Gasteiger charge is 2.35. The number of hydrogen-bond donors (Lipinski definition) is 2. The summed E-state index contributed by atoms with van der Waals surface area (Å²) in [5.41, 5.74) is 6.05. The van der Waals surface area contributed by atoms with E-state index in [0.29, 0.717) is 6.07 Å². The number of rotatable bonds is 2. The summed E-state index contributed by atoms with van der Waals surface area (Å²) in [7, 11) is 0. The van der Waals surface area contributed by atoms with Gasteiger partial charge in [-0.25, -0.2) is 13.2 Å². The number of aromatic hydroxyl groups is 1. The summed E-state index contributed by atoms with van der Waals surface area (Å²) in [5.74, 6) is -4.79. The lowest BCUT2D eigenvalue weighted by Crippen LogP contribution is -2.01. The molecule has 1 aliphatic carbocycles.